The molecule has 6 aromatic rings. The Hall–Kier alpha value is -5.46. The lowest BCUT2D eigenvalue weighted by atomic mass is 9.93. The van der Waals surface area contributed by atoms with E-state index in [9.17, 15) is 26.4 Å². The summed E-state index contributed by atoms with van der Waals surface area (Å²) >= 11 is 0. The van der Waals surface area contributed by atoms with Crippen LogP contribution in [-0.2, 0) is 39.1 Å². The molecule has 0 atom stereocenters. The number of carbonyl (C=O) groups is 2. The van der Waals surface area contributed by atoms with Gasteiger partial charge in [0.1, 0.15) is 0 Å². The minimum Gasteiger partial charge on any atom is -0.465 e. The molecule has 0 saturated heterocycles. The van der Waals surface area contributed by atoms with Gasteiger partial charge < -0.3 is 9.47 Å². The molecule has 0 radical (unpaired) electrons. The minimum atomic E-state index is -4.33. The number of carbonyl (C=O) groups excluding carboxylic acids is 2. The molecule has 0 aliphatic carbocycles. The standard InChI is InChI=1S/C37H32N2O8S2/c1-3-46-36(40)34(37(41)47-4-2)32-23-33(38-48(42,43)28-19-17-24-11-5-7-13-26(24)21-28)30-15-9-10-16-31(30)35(32)39-49(44,45)29-20-18-25-12-6-8-14-27(25)22-29/h5-23,34,38-39H,3-4H2,1-2H3. The molecular formula is C37H32N2O8S2. The second kappa shape index (κ2) is 13.6. The topological polar surface area (TPSA) is 145 Å². The summed E-state index contributed by atoms with van der Waals surface area (Å²) in [5.74, 6) is -3.75. The third-order valence-corrected chi connectivity index (χ3v) is 10.7. The van der Waals surface area contributed by atoms with Gasteiger partial charge in [-0.1, -0.05) is 84.9 Å². The number of sulfonamides is 2. The van der Waals surface area contributed by atoms with Crippen LogP contribution >= 0.6 is 0 Å². The molecule has 0 aliphatic rings. The van der Waals surface area contributed by atoms with Crippen molar-refractivity contribution in [3.8, 4) is 0 Å². The van der Waals surface area contributed by atoms with Gasteiger partial charge in [-0.05, 0) is 65.7 Å². The highest BCUT2D eigenvalue weighted by atomic mass is 32.2. The molecule has 6 aromatic carbocycles. The SMILES string of the molecule is CCOC(=O)C(C(=O)OCC)c1cc(NS(=O)(=O)c2ccc3ccccc3c2)c2ccccc2c1NS(=O)(=O)c1ccc2ccccc2c1. The smallest absolute Gasteiger partial charge is 0.324 e. The van der Waals surface area contributed by atoms with Crippen molar-refractivity contribution in [1.82, 2.24) is 0 Å². The molecule has 0 heterocycles. The number of fused-ring (bicyclic) bond motifs is 3. The zero-order chi connectivity index (χ0) is 34.8. The van der Waals surface area contributed by atoms with Crippen molar-refractivity contribution in [2.24, 2.45) is 0 Å². The lowest BCUT2D eigenvalue weighted by Crippen LogP contribution is -2.28. The first kappa shape index (κ1) is 33.4. The van der Waals surface area contributed by atoms with Crippen LogP contribution in [0.1, 0.15) is 25.3 Å². The number of benzene rings is 6. The predicted octanol–water partition coefficient (Wildman–Crippen LogP) is 6.96. The summed E-state index contributed by atoms with van der Waals surface area (Å²) in [5.41, 5.74) is -0.259. The van der Waals surface area contributed by atoms with E-state index in [1.165, 1.54) is 30.3 Å². The van der Waals surface area contributed by atoms with E-state index in [0.717, 1.165) is 10.8 Å². The highest BCUT2D eigenvalue weighted by Gasteiger charge is 2.36. The van der Waals surface area contributed by atoms with Crippen LogP contribution in [0.15, 0.2) is 125 Å². The number of nitrogens with one attached hydrogen (secondary N) is 2. The molecule has 250 valence electrons. The number of hydrogen-bond donors (Lipinski definition) is 2. The number of anilines is 2. The average Bonchev–Trinajstić information content (AvgIpc) is 3.09. The van der Waals surface area contributed by atoms with Gasteiger partial charge in [-0.2, -0.15) is 0 Å². The predicted molar refractivity (Wildman–Crippen MR) is 189 cm³/mol. The summed E-state index contributed by atoms with van der Waals surface area (Å²) in [4.78, 5) is 26.8. The molecule has 49 heavy (non-hydrogen) atoms. The maximum absolute atomic E-state index is 14.0. The van der Waals surface area contributed by atoms with Crippen LogP contribution in [0.25, 0.3) is 32.3 Å². The Morgan fingerprint density at radius 3 is 1.53 bits per heavy atom. The summed E-state index contributed by atoms with van der Waals surface area (Å²) in [7, 11) is -8.57. The van der Waals surface area contributed by atoms with Crippen molar-refractivity contribution >= 4 is 75.7 Å². The van der Waals surface area contributed by atoms with E-state index in [-0.39, 0.29) is 45.3 Å². The molecule has 0 aliphatic heterocycles. The molecular weight excluding hydrogens is 665 g/mol. The number of esters is 2. The monoisotopic (exact) mass is 696 g/mol. The van der Waals surface area contributed by atoms with Crippen LogP contribution < -0.4 is 9.44 Å². The molecule has 0 fully saturated rings. The van der Waals surface area contributed by atoms with E-state index in [2.05, 4.69) is 9.44 Å². The van der Waals surface area contributed by atoms with Crippen molar-refractivity contribution in [2.75, 3.05) is 22.7 Å². The van der Waals surface area contributed by atoms with Crippen LogP contribution in [0.5, 0.6) is 0 Å². The quantitative estimate of drug-likeness (QED) is 0.109. The van der Waals surface area contributed by atoms with Gasteiger partial charge in [0.25, 0.3) is 20.0 Å². The fourth-order valence-corrected chi connectivity index (χ4v) is 7.94. The van der Waals surface area contributed by atoms with Crippen LogP contribution in [0.4, 0.5) is 11.4 Å². The normalized spacial score (nSPS) is 11.9. The Morgan fingerprint density at radius 1 is 0.571 bits per heavy atom. The van der Waals surface area contributed by atoms with E-state index in [4.69, 9.17) is 9.47 Å². The summed E-state index contributed by atoms with van der Waals surface area (Å²) in [6.07, 6.45) is 0. The molecule has 10 nitrogen and oxygen atoms in total. The van der Waals surface area contributed by atoms with E-state index in [1.807, 2.05) is 24.3 Å². The maximum Gasteiger partial charge on any atom is 0.324 e. The number of ether oxygens (including phenoxy) is 2. The van der Waals surface area contributed by atoms with Gasteiger partial charge in [0.2, 0.25) is 0 Å². The average molecular weight is 697 g/mol. The summed E-state index contributed by atoms with van der Waals surface area (Å²) in [5, 5.41) is 3.60. The van der Waals surface area contributed by atoms with E-state index < -0.39 is 37.9 Å². The molecule has 0 saturated carbocycles. The van der Waals surface area contributed by atoms with Crippen molar-refractivity contribution in [3.63, 3.8) is 0 Å². The second-order valence-corrected chi connectivity index (χ2v) is 14.5. The molecule has 0 aromatic heterocycles. The Labute approximate surface area is 283 Å². The zero-order valence-electron chi connectivity index (χ0n) is 26.5. The summed E-state index contributed by atoms with van der Waals surface area (Å²) < 4.78 is 71.4. The van der Waals surface area contributed by atoms with Crippen LogP contribution in [0.2, 0.25) is 0 Å². The van der Waals surface area contributed by atoms with Crippen LogP contribution in [-0.4, -0.2) is 42.0 Å². The van der Waals surface area contributed by atoms with Crippen molar-refractivity contribution in [1.29, 1.82) is 0 Å². The van der Waals surface area contributed by atoms with Gasteiger partial charge in [0, 0.05) is 16.3 Å². The Morgan fingerprint density at radius 2 is 1.02 bits per heavy atom. The van der Waals surface area contributed by atoms with Gasteiger partial charge >= 0.3 is 11.9 Å². The molecule has 2 N–H and O–H groups in total. The zero-order valence-corrected chi connectivity index (χ0v) is 28.2. The van der Waals surface area contributed by atoms with Crippen LogP contribution in [0.3, 0.4) is 0 Å². The van der Waals surface area contributed by atoms with Crippen molar-refractivity contribution in [2.45, 2.75) is 29.6 Å². The molecule has 0 bridgehead atoms. The summed E-state index contributed by atoms with van der Waals surface area (Å²) in [6.45, 7) is 2.96. The highest BCUT2D eigenvalue weighted by molar-refractivity contribution is 7.93. The molecule has 0 spiro atoms. The first-order valence-corrected chi connectivity index (χ1v) is 18.4. The molecule has 6 rings (SSSR count). The fourth-order valence-electron chi connectivity index (χ4n) is 5.69. The first-order valence-electron chi connectivity index (χ1n) is 15.4. The molecule has 0 unspecified atom stereocenters. The molecule has 0 amide bonds. The highest BCUT2D eigenvalue weighted by Crippen LogP contribution is 2.40. The Bertz CT molecular complexity index is 2440. The maximum atomic E-state index is 14.0. The van der Waals surface area contributed by atoms with Crippen LogP contribution in [0, 0.1) is 0 Å². The van der Waals surface area contributed by atoms with Gasteiger partial charge in [0.15, 0.2) is 5.92 Å². The van der Waals surface area contributed by atoms with Gasteiger partial charge in [-0.3, -0.25) is 19.0 Å². The third kappa shape index (κ3) is 6.78. The van der Waals surface area contributed by atoms with Crippen molar-refractivity contribution < 1.29 is 35.9 Å². The number of hydrogen-bond acceptors (Lipinski definition) is 8. The lowest BCUT2D eigenvalue weighted by Gasteiger charge is -2.23. The van der Waals surface area contributed by atoms with E-state index in [1.54, 1.807) is 74.5 Å². The van der Waals surface area contributed by atoms with E-state index >= 15 is 0 Å². The van der Waals surface area contributed by atoms with E-state index in [0.29, 0.717) is 16.2 Å². The molecule has 12 heteroatoms. The second-order valence-electron chi connectivity index (χ2n) is 11.1. The fraction of sp³-hybridized carbons (Fsp3) is 0.135. The minimum absolute atomic E-state index is 0.00556. The Kier molecular flexibility index (Phi) is 9.26. The largest absolute Gasteiger partial charge is 0.465 e. The van der Waals surface area contributed by atoms with Gasteiger partial charge in [-0.25, -0.2) is 16.8 Å². The number of rotatable bonds is 11. The lowest BCUT2D eigenvalue weighted by molar-refractivity contribution is -0.156. The summed E-state index contributed by atoms with van der Waals surface area (Å²) in [6, 6.07) is 31.6. The van der Waals surface area contributed by atoms with Gasteiger partial charge in [0.05, 0.1) is 34.4 Å². The third-order valence-electron chi connectivity index (χ3n) is 7.97. The Balaban J connectivity index is 1.55. The van der Waals surface area contributed by atoms with Gasteiger partial charge in [-0.15, -0.1) is 0 Å². The van der Waals surface area contributed by atoms with Crippen molar-refractivity contribution in [3.05, 3.63) is 121 Å². The first-order chi connectivity index (χ1) is 23.5.